The van der Waals surface area contributed by atoms with Gasteiger partial charge in [0.25, 0.3) is 5.56 Å². The van der Waals surface area contributed by atoms with E-state index in [2.05, 4.69) is 31.1 Å². The molecule has 1 aliphatic rings. The smallest absolute Gasteiger partial charge is 0.263 e. The lowest BCUT2D eigenvalue weighted by Crippen LogP contribution is -2.34. The highest BCUT2D eigenvalue weighted by atomic mass is 16.5. The fraction of sp³-hybridized carbons (Fsp3) is 0.353. The fourth-order valence-corrected chi connectivity index (χ4v) is 3.42. The molecule has 1 fully saturated rings. The second-order valence-electron chi connectivity index (χ2n) is 6.03. The van der Waals surface area contributed by atoms with E-state index in [9.17, 15) is 4.79 Å². The van der Waals surface area contributed by atoms with Gasteiger partial charge >= 0.3 is 0 Å². The normalized spacial score (nSPS) is 17.5. The number of nitrogens with zero attached hydrogens (tertiary/aromatic N) is 3. The van der Waals surface area contributed by atoms with Crippen LogP contribution in [0.3, 0.4) is 0 Å². The van der Waals surface area contributed by atoms with E-state index in [0.29, 0.717) is 17.0 Å². The van der Waals surface area contributed by atoms with Crippen LogP contribution in [0.2, 0.25) is 0 Å². The molecule has 1 aliphatic heterocycles. The first-order chi connectivity index (χ1) is 11.8. The topological polar surface area (TPSA) is 86.9 Å². The van der Waals surface area contributed by atoms with Crippen molar-refractivity contribution in [3.05, 3.63) is 46.4 Å². The molecule has 1 saturated heterocycles. The zero-order valence-corrected chi connectivity index (χ0v) is 13.5. The molecule has 0 bridgehead atoms. The van der Waals surface area contributed by atoms with Gasteiger partial charge in [-0.2, -0.15) is 10.1 Å². The Kier molecular flexibility index (Phi) is 3.68. The summed E-state index contributed by atoms with van der Waals surface area (Å²) in [6.07, 6.45) is 4.49. The van der Waals surface area contributed by atoms with Crippen LogP contribution in [0.4, 0.5) is 5.95 Å². The van der Waals surface area contributed by atoms with E-state index in [1.165, 1.54) is 11.8 Å². The largest absolute Gasteiger partial charge is 0.496 e. The lowest BCUT2D eigenvalue weighted by Gasteiger charge is -2.25. The Bertz CT molecular complexity index is 916. The van der Waals surface area contributed by atoms with Crippen molar-refractivity contribution in [1.82, 2.24) is 20.2 Å². The summed E-state index contributed by atoms with van der Waals surface area (Å²) in [6.45, 7) is 0.877. The van der Waals surface area contributed by atoms with Gasteiger partial charge in [-0.1, -0.05) is 18.2 Å². The van der Waals surface area contributed by atoms with Gasteiger partial charge in [0.2, 0.25) is 5.95 Å². The Labute approximate surface area is 138 Å². The number of methoxy groups -OCH3 is 1. The monoisotopic (exact) mass is 325 g/mol. The van der Waals surface area contributed by atoms with E-state index >= 15 is 0 Å². The van der Waals surface area contributed by atoms with Crippen LogP contribution in [0.5, 0.6) is 5.75 Å². The molecule has 3 heterocycles. The van der Waals surface area contributed by atoms with Gasteiger partial charge in [0.1, 0.15) is 11.1 Å². The van der Waals surface area contributed by atoms with Crippen LogP contribution < -0.4 is 15.2 Å². The van der Waals surface area contributed by atoms with Gasteiger partial charge in [-0.3, -0.25) is 14.9 Å². The molecule has 2 aromatic heterocycles. The van der Waals surface area contributed by atoms with Crippen LogP contribution in [0.25, 0.3) is 11.0 Å². The summed E-state index contributed by atoms with van der Waals surface area (Å²) >= 11 is 0. The minimum absolute atomic E-state index is 0.160. The molecule has 2 N–H and O–H groups in total. The standard InChI is InChI=1S/C17H19N5O2/c1-24-14-7-3-2-5-11(14)9-12-6-4-8-22(12)17-19-15-13(10-18-21-15)16(23)20-17/h2-3,5,7,10,12H,4,6,8-9H2,1H3,(H2,18,19,20,21,23). The molecule has 1 atom stereocenters. The van der Waals surface area contributed by atoms with E-state index in [1.807, 2.05) is 18.2 Å². The predicted molar refractivity (Wildman–Crippen MR) is 91.6 cm³/mol. The highest BCUT2D eigenvalue weighted by Gasteiger charge is 2.28. The summed E-state index contributed by atoms with van der Waals surface area (Å²) in [4.78, 5) is 21.8. The van der Waals surface area contributed by atoms with Gasteiger partial charge < -0.3 is 9.64 Å². The van der Waals surface area contributed by atoms with Gasteiger partial charge in [-0.05, 0) is 30.9 Å². The summed E-state index contributed by atoms with van der Waals surface area (Å²) in [6, 6.07) is 8.34. The third-order valence-corrected chi connectivity index (χ3v) is 4.60. The molecule has 124 valence electrons. The molecule has 7 nitrogen and oxygen atoms in total. The van der Waals surface area contributed by atoms with Crippen molar-refractivity contribution in [3.63, 3.8) is 0 Å². The molecule has 1 unspecified atom stereocenters. The number of para-hydroxylation sites is 1. The summed E-state index contributed by atoms with van der Waals surface area (Å²) < 4.78 is 5.46. The lowest BCUT2D eigenvalue weighted by atomic mass is 10.0. The van der Waals surface area contributed by atoms with Crippen LogP contribution in [-0.4, -0.2) is 39.9 Å². The van der Waals surface area contributed by atoms with Crippen LogP contribution in [0, 0.1) is 0 Å². The number of fused-ring (bicyclic) bond motifs is 1. The Morgan fingerprint density at radius 3 is 3.12 bits per heavy atom. The van der Waals surface area contributed by atoms with Crippen LogP contribution in [0.1, 0.15) is 18.4 Å². The second-order valence-corrected chi connectivity index (χ2v) is 6.03. The summed E-state index contributed by atoms with van der Waals surface area (Å²) in [5.41, 5.74) is 1.53. The average Bonchev–Trinajstić information content (AvgIpc) is 3.24. The maximum Gasteiger partial charge on any atom is 0.263 e. The zero-order valence-electron chi connectivity index (χ0n) is 13.5. The predicted octanol–water partition coefficient (Wildman–Crippen LogP) is 1.87. The molecule has 0 spiro atoms. The Morgan fingerprint density at radius 2 is 2.25 bits per heavy atom. The van der Waals surface area contributed by atoms with Crippen molar-refractivity contribution in [2.75, 3.05) is 18.6 Å². The number of hydrogen-bond donors (Lipinski definition) is 2. The molecule has 0 radical (unpaired) electrons. The van der Waals surface area contributed by atoms with Gasteiger partial charge in [0, 0.05) is 12.6 Å². The van der Waals surface area contributed by atoms with E-state index in [0.717, 1.165) is 31.6 Å². The molecular weight excluding hydrogens is 306 g/mol. The molecular formula is C17H19N5O2. The van der Waals surface area contributed by atoms with E-state index < -0.39 is 0 Å². The molecule has 3 aromatic rings. The lowest BCUT2D eigenvalue weighted by molar-refractivity contribution is 0.407. The molecule has 0 saturated carbocycles. The number of aromatic nitrogens is 4. The molecule has 0 amide bonds. The van der Waals surface area contributed by atoms with Crippen molar-refractivity contribution in [2.45, 2.75) is 25.3 Å². The first-order valence-corrected chi connectivity index (χ1v) is 8.08. The van der Waals surface area contributed by atoms with Gasteiger partial charge in [-0.15, -0.1) is 0 Å². The van der Waals surface area contributed by atoms with Crippen molar-refractivity contribution >= 4 is 17.0 Å². The number of benzene rings is 1. The van der Waals surface area contributed by atoms with E-state index in [4.69, 9.17) is 4.74 Å². The number of hydrogen-bond acceptors (Lipinski definition) is 5. The Morgan fingerprint density at radius 1 is 1.38 bits per heavy atom. The Balaban J connectivity index is 1.65. The number of H-pyrrole nitrogens is 2. The minimum atomic E-state index is -0.160. The van der Waals surface area contributed by atoms with Crippen molar-refractivity contribution in [1.29, 1.82) is 0 Å². The zero-order chi connectivity index (χ0) is 16.5. The highest BCUT2D eigenvalue weighted by molar-refractivity contribution is 5.73. The average molecular weight is 325 g/mol. The molecule has 4 rings (SSSR count). The van der Waals surface area contributed by atoms with Crippen molar-refractivity contribution < 1.29 is 4.74 Å². The van der Waals surface area contributed by atoms with Crippen LogP contribution >= 0.6 is 0 Å². The van der Waals surface area contributed by atoms with Gasteiger partial charge in [0.05, 0.1) is 13.3 Å². The van der Waals surface area contributed by atoms with E-state index in [1.54, 1.807) is 7.11 Å². The molecule has 7 heteroatoms. The van der Waals surface area contributed by atoms with Crippen LogP contribution in [0.15, 0.2) is 35.3 Å². The fourth-order valence-electron chi connectivity index (χ4n) is 3.42. The SMILES string of the molecule is COc1ccccc1CC1CCCN1c1nc2[nH]ncc2c(=O)[nH]1. The minimum Gasteiger partial charge on any atom is -0.496 e. The summed E-state index contributed by atoms with van der Waals surface area (Å²) in [5, 5.41) is 7.16. The number of anilines is 1. The molecule has 0 aliphatic carbocycles. The number of rotatable bonds is 4. The first kappa shape index (κ1) is 14.7. The van der Waals surface area contributed by atoms with E-state index in [-0.39, 0.29) is 11.6 Å². The maximum atomic E-state index is 12.2. The van der Waals surface area contributed by atoms with Crippen molar-refractivity contribution in [3.8, 4) is 5.75 Å². The quantitative estimate of drug-likeness (QED) is 0.764. The van der Waals surface area contributed by atoms with Crippen molar-refractivity contribution in [2.24, 2.45) is 0 Å². The second kappa shape index (κ2) is 5.99. The third-order valence-electron chi connectivity index (χ3n) is 4.60. The Hall–Kier alpha value is -2.83. The number of nitrogens with one attached hydrogen (secondary N) is 2. The summed E-state index contributed by atoms with van der Waals surface area (Å²) in [7, 11) is 1.69. The maximum absolute atomic E-state index is 12.2. The summed E-state index contributed by atoms with van der Waals surface area (Å²) in [5.74, 6) is 1.50. The molecule has 1 aromatic carbocycles. The first-order valence-electron chi connectivity index (χ1n) is 8.08. The number of ether oxygens (including phenoxy) is 1. The highest BCUT2D eigenvalue weighted by Crippen LogP contribution is 2.28. The third kappa shape index (κ3) is 2.51. The van der Waals surface area contributed by atoms with Gasteiger partial charge in [-0.25, -0.2) is 0 Å². The molecule has 24 heavy (non-hydrogen) atoms. The van der Waals surface area contributed by atoms with Gasteiger partial charge in [0.15, 0.2) is 5.65 Å². The number of aromatic amines is 2. The van der Waals surface area contributed by atoms with Crippen LogP contribution in [-0.2, 0) is 6.42 Å².